The molecule has 1 N–H and O–H groups in total. The normalized spacial score (nSPS) is 8.81. The molecule has 0 spiro atoms. The van der Waals surface area contributed by atoms with E-state index in [0.717, 1.165) is 5.56 Å². The average molecular weight is 252 g/mol. The third kappa shape index (κ3) is 2.90. The van der Waals surface area contributed by atoms with Gasteiger partial charge in [0.15, 0.2) is 0 Å². The van der Waals surface area contributed by atoms with E-state index in [9.17, 15) is 0 Å². The lowest BCUT2D eigenvalue weighted by molar-refractivity contribution is 1.41. The standard InChI is InChI=1S/C11H7Cl2N3/c1-7-2-9(12)3-10(13)11(7)16-6-8(4-14)5-15/h2-3,6,16H,1H3. The average Bonchev–Trinajstić information content (AvgIpc) is 2.22. The lowest BCUT2D eigenvalue weighted by Gasteiger charge is -2.08. The molecule has 0 amide bonds. The van der Waals surface area contributed by atoms with E-state index in [4.69, 9.17) is 33.7 Å². The Labute approximate surface area is 104 Å². The number of aryl methyl sites for hydroxylation is 1. The Balaban J connectivity index is 3.05. The Morgan fingerprint density at radius 2 is 1.94 bits per heavy atom. The molecule has 0 radical (unpaired) electrons. The molecule has 1 aromatic carbocycles. The van der Waals surface area contributed by atoms with Crippen LogP contribution < -0.4 is 5.32 Å². The number of allylic oxidation sites excluding steroid dienone is 1. The molecule has 0 bridgehead atoms. The van der Waals surface area contributed by atoms with Crippen molar-refractivity contribution >= 4 is 28.9 Å². The van der Waals surface area contributed by atoms with Crippen LogP contribution in [0.15, 0.2) is 23.9 Å². The summed E-state index contributed by atoms with van der Waals surface area (Å²) in [6.07, 6.45) is 1.31. The summed E-state index contributed by atoms with van der Waals surface area (Å²) in [6.45, 7) is 1.83. The Bertz CT molecular complexity index is 482. The van der Waals surface area contributed by atoms with Crippen molar-refractivity contribution in [3.63, 3.8) is 0 Å². The maximum Gasteiger partial charge on any atom is 0.145 e. The van der Waals surface area contributed by atoms with Crippen LogP contribution in [0.3, 0.4) is 0 Å². The first-order chi connectivity index (χ1) is 7.58. The second kappa shape index (κ2) is 5.42. The van der Waals surface area contributed by atoms with Crippen LogP contribution >= 0.6 is 23.2 Å². The van der Waals surface area contributed by atoms with Crippen LogP contribution in [0.25, 0.3) is 0 Å². The zero-order chi connectivity index (χ0) is 12.1. The van der Waals surface area contributed by atoms with Gasteiger partial charge in [-0.2, -0.15) is 10.5 Å². The third-order valence-electron chi connectivity index (χ3n) is 1.85. The summed E-state index contributed by atoms with van der Waals surface area (Å²) in [6, 6.07) is 6.81. The van der Waals surface area contributed by atoms with Crippen molar-refractivity contribution in [3.8, 4) is 12.1 Å². The number of benzene rings is 1. The molecule has 0 saturated carbocycles. The number of anilines is 1. The van der Waals surface area contributed by atoms with Crippen molar-refractivity contribution in [2.45, 2.75) is 6.92 Å². The molecule has 0 aromatic heterocycles. The molecule has 0 atom stereocenters. The van der Waals surface area contributed by atoms with Gasteiger partial charge in [0, 0.05) is 11.2 Å². The molecule has 0 aliphatic heterocycles. The summed E-state index contributed by atoms with van der Waals surface area (Å²) >= 11 is 11.8. The summed E-state index contributed by atoms with van der Waals surface area (Å²) in [5, 5.41) is 20.9. The number of rotatable bonds is 2. The van der Waals surface area contributed by atoms with Crippen LogP contribution in [0.2, 0.25) is 10.0 Å². The molecule has 1 rings (SSSR count). The van der Waals surface area contributed by atoms with Crippen molar-refractivity contribution in [1.29, 1.82) is 10.5 Å². The lowest BCUT2D eigenvalue weighted by atomic mass is 10.2. The highest BCUT2D eigenvalue weighted by Gasteiger charge is 2.04. The zero-order valence-corrected chi connectivity index (χ0v) is 9.89. The van der Waals surface area contributed by atoms with Crippen LogP contribution in [0.5, 0.6) is 0 Å². The van der Waals surface area contributed by atoms with Gasteiger partial charge in [0.1, 0.15) is 17.7 Å². The number of hydrogen-bond acceptors (Lipinski definition) is 3. The number of halogens is 2. The predicted molar refractivity (Wildman–Crippen MR) is 64.1 cm³/mol. The second-order valence-corrected chi connectivity index (χ2v) is 3.85. The molecule has 1 aromatic rings. The fourth-order valence-electron chi connectivity index (χ4n) is 1.12. The molecule has 16 heavy (non-hydrogen) atoms. The summed E-state index contributed by atoms with van der Waals surface area (Å²) in [5.41, 5.74) is 1.45. The van der Waals surface area contributed by atoms with Gasteiger partial charge in [-0.1, -0.05) is 23.2 Å². The maximum atomic E-state index is 8.55. The molecule has 80 valence electrons. The molecule has 5 heteroatoms. The van der Waals surface area contributed by atoms with Gasteiger partial charge in [0.05, 0.1) is 10.7 Å². The van der Waals surface area contributed by atoms with E-state index in [-0.39, 0.29) is 5.57 Å². The Morgan fingerprint density at radius 1 is 1.31 bits per heavy atom. The molecular formula is C11H7Cl2N3. The van der Waals surface area contributed by atoms with E-state index < -0.39 is 0 Å². The number of nitrogens with one attached hydrogen (secondary N) is 1. The van der Waals surface area contributed by atoms with E-state index in [0.29, 0.717) is 15.7 Å². The highest BCUT2D eigenvalue weighted by atomic mass is 35.5. The fourth-order valence-corrected chi connectivity index (χ4v) is 1.77. The van der Waals surface area contributed by atoms with Crippen molar-refractivity contribution in [2.24, 2.45) is 0 Å². The molecule has 3 nitrogen and oxygen atoms in total. The Morgan fingerprint density at radius 3 is 2.44 bits per heavy atom. The molecule has 0 unspecified atom stereocenters. The first-order valence-corrected chi connectivity index (χ1v) is 5.06. The summed E-state index contributed by atoms with van der Waals surface area (Å²) in [7, 11) is 0. The first-order valence-electron chi connectivity index (χ1n) is 4.31. The highest BCUT2D eigenvalue weighted by molar-refractivity contribution is 6.36. The highest BCUT2D eigenvalue weighted by Crippen LogP contribution is 2.29. The molecule has 0 aliphatic rings. The molecule has 0 saturated heterocycles. The van der Waals surface area contributed by atoms with Gasteiger partial charge in [-0.3, -0.25) is 0 Å². The smallest absolute Gasteiger partial charge is 0.145 e. The number of nitriles is 2. The van der Waals surface area contributed by atoms with Crippen LogP contribution in [0.4, 0.5) is 5.69 Å². The van der Waals surface area contributed by atoms with Crippen LogP contribution in [-0.2, 0) is 0 Å². The second-order valence-electron chi connectivity index (χ2n) is 3.01. The van der Waals surface area contributed by atoms with Gasteiger partial charge < -0.3 is 5.32 Å². The van der Waals surface area contributed by atoms with Crippen molar-refractivity contribution in [3.05, 3.63) is 39.5 Å². The topological polar surface area (TPSA) is 59.6 Å². The van der Waals surface area contributed by atoms with Gasteiger partial charge >= 0.3 is 0 Å². The van der Waals surface area contributed by atoms with Crippen LogP contribution in [-0.4, -0.2) is 0 Å². The third-order valence-corrected chi connectivity index (χ3v) is 2.37. The molecule has 0 heterocycles. The minimum absolute atomic E-state index is 0.0228. The van der Waals surface area contributed by atoms with E-state index in [1.165, 1.54) is 6.20 Å². The summed E-state index contributed by atoms with van der Waals surface area (Å²) < 4.78 is 0. The SMILES string of the molecule is Cc1cc(Cl)cc(Cl)c1NC=C(C#N)C#N. The van der Waals surface area contributed by atoms with E-state index in [1.54, 1.807) is 24.3 Å². The Kier molecular flexibility index (Phi) is 4.19. The predicted octanol–water partition coefficient (Wildman–Crippen LogP) is 3.64. The summed E-state index contributed by atoms with van der Waals surface area (Å²) in [4.78, 5) is 0. The lowest BCUT2D eigenvalue weighted by Crippen LogP contribution is -1.94. The van der Waals surface area contributed by atoms with E-state index in [1.807, 2.05) is 6.92 Å². The quantitative estimate of drug-likeness (QED) is 0.817. The minimum Gasteiger partial charge on any atom is -0.358 e. The number of hydrogen-bond donors (Lipinski definition) is 1. The van der Waals surface area contributed by atoms with Gasteiger partial charge in [-0.25, -0.2) is 0 Å². The monoisotopic (exact) mass is 251 g/mol. The molecular weight excluding hydrogens is 245 g/mol. The van der Waals surface area contributed by atoms with E-state index in [2.05, 4.69) is 5.32 Å². The van der Waals surface area contributed by atoms with Gasteiger partial charge in [-0.05, 0) is 24.6 Å². The van der Waals surface area contributed by atoms with E-state index >= 15 is 0 Å². The largest absolute Gasteiger partial charge is 0.358 e. The van der Waals surface area contributed by atoms with Gasteiger partial charge in [0.25, 0.3) is 0 Å². The summed E-state index contributed by atoms with van der Waals surface area (Å²) in [5.74, 6) is 0. The van der Waals surface area contributed by atoms with Crippen molar-refractivity contribution < 1.29 is 0 Å². The zero-order valence-electron chi connectivity index (χ0n) is 8.38. The van der Waals surface area contributed by atoms with Crippen molar-refractivity contribution in [2.75, 3.05) is 5.32 Å². The van der Waals surface area contributed by atoms with Crippen LogP contribution in [0, 0.1) is 29.6 Å². The van der Waals surface area contributed by atoms with Crippen molar-refractivity contribution in [1.82, 2.24) is 0 Å². The van der Waals surface area contributed by atoms with Crippen LogP contribution in [0.1, 0.15) is 5.56 Å². The number of nitrogens with zero attached hydrogens (tertiary/aromatic N) is 2. The molecule has 0 aliphatic carbocycles. The Hall–Kier alpha value is -1.68. The molecule has 0 fully saturated rings. The van der Waals surface area contributed by atoms with Gasteiger partial charge in [-0.15, -0.1) is 0 Å². The maximum absolute atomic E-state index is 8.55. The first kappa shape index (κ1) is 12.4. The minimum atomic E-state index is -0.0228. The van der Waals surface area contributed by atoms with Gasteiger partial charge in [0.2, 0.25) is 0 Å². The fraction of sp³-hybridized carbons (Fsp3) is 0.0909.